The van der Waals surface area contributed by atoms with Gasteiger partial charge in [-0.2, -0.15) is 0 Å². The van der Waals surface area contributed by atoms with Crippen molar-refractivity contribution >= 4 is 0 Å². The first kappa shape index (κ1) is 15.9. The largest absolute Gasteiger partial charge is 0.365 e. The summed E-state index contributed by atoms with van der Waals surface area (Å²) < 4.78 is 6.71. The van der Waals surface area contributed by atoms with Crippen molar-refractivity contribution in [2.45, 2.75) is 56.9 Å². The van der Waals surface area contributed by atoms with Crippen LogP contribution in [0.2, 0.25) is 0 Å². The van der Waals surface area contributed by atoms with Crippen molar-refractivity contribution in [3.8, 4) is 0 Å². The van der Waals surface area contributed by atoms with Crippen LogP contribution >= 0.6 is 0 Å². The quantitative estimate of drug-likeness (QED) is 0.784. The highest BCUT2D eigenvalue weighted by molar-refractivity contribution is 5.30. The maximum absolute atomic E-state index is 6.71. The predicted molar refractivity (Wildman–Crippen MR) is 98.0 cm³/mol. The van der Waals surface area contributed by atoms with E-state index < -0.39 is 0 Å². The topological polar surface area (TPSA) is 12.5 Å². The Morgan fingerprint density at radius 2 is 1.38 bits per heavy atom. The molecule has 2 heteroatoms. The highest BCUT2D eigenvalue weighted by Gasteiger charge is 2.40. The summed E-state index contributed by atoms with van der Waals surface area (Å²) in [5.41, 5.74) is 2.52. The molecule has 4 rings (SSSR count). The Morgan fingerprint density at radius 3 is 1.83 bits per heavy atom. The fourth-order valence-corrected chi connectivity index (χ4v) is 4.65. The minimum Gasteiger partial charge on any atom is -0.365 e. The Morgan fingerprint density at radius 1 is 0.875 bits per heavy atom. The molecule has 3 atom stereocenters. The van der Waals surface area contributed by atoms with Gasteiger partial charge in [-0.25, -0.2) is 0 Å². The van der Waals surface area contributed by atoms with Gasteiger partial charge in [0.2, 0.25) is 0 Å². The van der Waals surface area contributed by atoms with E-state index in [1.807, 2.05) is 0 Å². The molecule has 2 aromatic rings. The van der Waals surface area contributed by atoms with Crippen LogP contribution in [0.5, 0.6) is 0 Å². The van der Waals surface area contributed by atoms with E-state index in [0.717, 1.165) is 12.1 Å². The Labute approximate surface area is 145 Å². The summed E-state index contributed by atoms with van der Waals surface area (Å²) in [4.78, 5) is 2.69. The van der Waals surface area contributed by atoms with Crippen LogP contribution in [0.4, 0.5) is 0 Å². The molecule has 0 aliphatic carbocycles. The van der Waals surface area contributed by atoms with E-state index in [1.54, 1.807) is 0 Å². The highest BCUT2D eigenvalue weighted by Crippen LogP contribution is 2.39. The highest BCUT2D eigenvalue weighted by atomic mass is 16.5. The van der Waals surface area contributed by atoms with Crippen molar-refractivity contribution in [2.24, 2.45) is 0 Å². The van der Waals surface area contributed by atoms with Crippen molar-refractivity contribution in [3.05, 3.63) is 71.8 Å². The molecule has 2 bridgehead atoms. The number of hydrogen-bond acceptors (Lipinski definition) is 2. The lowest BCUT2D eigenvalue weighted by atomic mass is 9.97. The number of benzene rings is 2. The molecule has 1 unspecified atom stereocenters. The van der Waals surface area contributed by atoms with Crippen molar-refractivity contribution in [1.29, 1.82) is 0 Å². The van der Waals surface area contributed by atoms with Crippen LogP contribution in [0.3, 0.4) is 0 Å². The zero-order chi connectivity index (χ0) is 16.4. The van der Waals surface area contributed by atoms with Gasteiger partial charge < -0.3 is 4.74 Å². The second kappa shape index (κ2) is 7.08. The van der Waals surface area contributed by atoms with Crippen molar-refractivity contribution in [2.75, 3.05) is 6.54 Å². The molecule has 2 nitrogen and oxygen atoms in total. The second-order valence-electron chi connectivity index (χ2n) is 7.15. The molecule has 126 valence electrons. The Kier molecular flexibility index (Phi) is 4.68. The summed E-state index contributed by atoms with van der Waals surface area (Å²) in [5, 5.41) is 0. The third-order valence-corrected chi connectivity index (χ3v) is 5.74. The van der Waals surface area contributed by atoms with Gasteiger partial charge in [-0.1, -0.05) is 67.6 Å². The molecule has 0 amide bonds. The van der Waals surface area contributed by atoms with Crippen LogP contribution in [0.25, 0.3) is 0 Å². The zero-order valence-corrected chi connectivity index (χ0v) is 14.5. The Bertz CT molecular complexity index is 588. The van der Waals surface area contributed by atoms with E-state index >= 15 is 0 Å². The van der Waals surface area contributed by atoms with Gasteiger partial charge in [0.15, 0.2) is 0 Å². The minimum atomic E-state index is 0.0463. The maximum Gasteiger partial charge on any atom is 0.108 e. The average molecular weight is 321 g/mol. The molecule has 2 aromatic carbocycles. The van der Waals surface area contributed by atoms with E-state index in [0.29, 0.717) is 6.10 Å². The number of rotatable bonds is 5. The van der Waals surface area contributed by atoms with Gasteiger partial charge in [0, 0.05) is 12.1 Å². The normalized spacial score (nSPS) is 26.8. The summed E-state index contributed by atoms with van der Waals surface area (Å²) in [7, 11) is 0. The molecule has 0 aromatic heterocycles. The van der Waals surface area contributed by atoms with Gasteiger partial charge >= 0.3 is 0 Å². The lowest BCUT2D eigenvalue weighted by Crippen LogP contribution is -2.45. The molecule has 0 spiro atoms. The van der Waals surface area contributed by atoms with Gasteiger partial charge in [0.05, 0.1) is 6.10 Å². The lowest BCUT2D eigenvalue weighted by molar-refractivity contribution is -0.0470. The van der Waals surface area contributed by atoms with Crippen LogP contribution in [-0.4, -0.2) is 29.6 Å². The summed E-state index contributed by atoms with van der Waals surface area (Å²) in [6.45, 7) is 3.48. The smallest absolute Gasteiger partial charge is 0.108 e. The van der Waals surface area contributed by atoms with Crippen molar-refractivity contribution in [1.82, 2.24) is 4.90 Å². The first-order chi connectivity index (χ1) is 11.8. The standard InChI is InChI=1S/C22H27NO/c1-2-23-19-13-14-20(23)16-21(15-19)24-22(17-9-5-3-6-10-17)18-11-7-4-8-12-18/h3-12,19-22H,2,13-16H2,1H3/t19-,20+,21?. The zero-order valence-electron chi connectivity index (χ0n) is 14.5. The molecule has 2 aliphatic heterocycles. The molecule has 24 heavy (non-hydrogen) atoms. The van der Waals surface area contributed by atoms with Gasteiger partial charge in [-0.3, -0.25) is 4.90 Å². The van der Waals surface area contributed by atoms with Crippen molar-refractivity contribution < 1.29 is 4.74 Å². The van der Waals surface area contributed by atoms with Crippen LogP contribution in [0.1, 0.15) is 49.8 Å². The molecule has 2 saturated heterocycles. The summed E-state index contributed by atoms with van der Waals surface area (Å²) in [6.07, 6.45) is 5.47. The second-order valence-corrected chi connectivity index (χ2v) is 7.15. The molecule has 0 radical (unpaired) electrons. The van der Waals surface area contributed by atoms with E-state index in [-0.39, 0.29) is 6.10 Å². The Balaban J connectivity index is 1.55. The van der Waals surface area contributed by atoms with Gasteiger partial charge in [-0.15, -0.1) is 0 Å². The monoisotopic (exact) mass is 321 g/mol. The van der Waals surface area contributed by atoms with E-state index in [9.17, 15) is 0 Å². The number of piperidine rings is 1. The number of nitrogens with zero attached hydrogens (tertiary/aromatic N) is 1. The molecule has 0 saturated carbocycles. The summed E-state index contributed by atoms with van der Waals surface area (Å²) in [6, 6.07) is 22.8. The Hall–Kier alpha value is -1.64. The molecular weight excluding hydrogens is 294 g/mol. The maximum atomic E-state index is 6.71. The van der Waals surface area contributed by atoms with Gasteiger partial charge in [0.25, 0.3) is 0 Å². The van der Waals surface area contributed by atoms with Gasteiger partial charge in [0.1, 0.15) is 6.10 Å². The number of hydrogen-bond donors (Lipinski definition) is 0. The molecule has 2 fully saturated rings. The lowest BCUT2D eigenvalue weighted by Gasteiger charge is -2.39. The number of ether oxygens (including phenoxy) is 1. The number of fused-ring (bicyclic) bond motifs is 2. The minimum absolute atomic E-state index is 0.0463. The summed E-state index contributed by atoms with van der Waals surface area (Å²) >= 11 is 0. The first-order valence-electron chi connectivity index (χ1n) is 9.36. The van der Waals surface area contributed by atoms with E-state index in [1.165, 1.54) is 43.4 Å². The molecule has 2 heterocycles. The molecular formula is C22H27NO. The molecule has 2 aliphatic rings. The SMILES string of the molecule is CCN1[C@@H]2CC[C@H]1CC(OC(c1ccccc1)c1ccccc1)C2. The average Bonchev–Trinajstić information content (AvgIpc) is 2.90. The van der Waals surface area contributed by atoms with Crippen LogP contribution in [0, 0.1) is 0 Å². The van der Waals surface area contributed by atoms with Crippen LogP contribution in [-0.2, 0) is 4.74 Å². The van der Waals surface area contributed by atoms with E-state index in [2.05, 4.69) is 72.5 Å². The third-order valence-electron chi connectivity index (χ3n) is 5.74. The van der Waals surface area contributed by atoms with Crippen LogP contribution < -0.4 is 0 Å². The van der Waals surface area contributed by atoms with Crippen molar-refractivity contribution in [3.63, 3.8) is 0 Å². The molecule has 0 N–H and O–H groups in total. The summed E-state index contributed by atoms with van der Waals surface area (Å²) in [5.74, 6) is 0. The van der Waals surface area contributed by atoms with E-state index in [4.69, 9.17) is 4.74 Å². The fraction of sp³-hybridized carbons (Fsp3) is 0.455. The van der Waals surface area contributed by atoms with Crippen LogP contribution in [0.15, 0.2) is 60.7 Å². The predicted octanol–water partition coefficient (Wildman–Crippen LogP) is 4.81. The first-order valence-corrected chi connectivity index (χ1v) is 9.36. The fourth-order valence-electron chi connectivity index (χ4n) is 4.65. The third kappa shape index (κ3) is 3.13. The van der Waals surface area contributed by atoms with Gasteiger partial charge in [-0.05, 0) is 43.4 Å².